The Morgan fingerprint density at radius 3 is 2.81 bits per heavy atom. The van der Waals surface area contributed by atoms with Crippen LogP contribution in [0.5, 0.6) is 0 Å². The topological polar surface area (TPSA) is 31.4 Å². The van der Waals surface area contributed by atoms with E-state index in [1.807, 2.05) is 12.4 Å². The van der Waals surface area contributed by atoms with Crippen molar-refractivity contribution < 1.29 is 0 Å². The van der Waals surface area contributed by atoms with Crippen molar-refractivity contribution in [3.8, 4) is 0 Å². The van der Waals surface area contributed by atoms with Gasteiger partial charge in [-0.3, -0.25) is 4.98 Å². The smallest absolute Gasteiger partial charge is 0.0445 e. The van der Waals surface area contributed by atoms with Crippen LogP contribution in [0.15, 0.2) is 18.5 Å². The second-order valence-corrected chi connectivity index (χ2v) is 7.36. The van der Waals surface area contributed by atoms with E-state index in [2.05, 4.69) is 61.0 Å². The van der Waals surface area contributed by atoms with Crippen molar-refractivity contribution >= 4 is 5.69 Å². The molecule has 21 heavy (non-hydrogen) atoms. The summed E-state index contributed by atoms with van der Waals surface area (Å²) in [6.45, 7) is 9.76. The molecule has 1 fully saturated rings. The Hall–Kier alpha value is -1.13. The van der Waals surface area contributed by atoms with E-state index in [1.54, 1.807) is 0 Å². The van der Waals surface area contributed by atoms with Gasteiger partial charge in [-0.05, 0) is 53.8 Å². The normalized spacial score (nSPS) is 19.5. The molecule has 2 heterocycles. The summed E-state index contributed by atoms with van der Waals surface area (Å²) in [4.78, 5) is 9.19. The molecule has 0 spiro atoms. The van der Waals surface area contributed by atoms with E-state index in [0.29, 0.717) is 6.04 Å². The summed E-state index contributed by atoms with van der Waals surface area (Å²) < 4.78 is 0. The van der Waals surface area contributed by atoms with E-state index in [9.17, 15) is 0 Å². The lowest BCUT2D eigenvalue weighted by Crippen LogP contribution is -2.39. The van der Waals surface area contributed by atoms with Gasteiger partial charge in [0.15, 0.2) is 0 Å². The van der Waals surface area contributed by atoms with E-state index >= 15 is 0 Å². The molecular weight excluding hydrogens is 260 g/mol. The number of nitrogens with one attached hydrogen (secondary N) is 1. The molecule has 118 valence electrons. The van der Waals surface area contributed by atoms with Gasteiger partial charge >= 0.3 is 0 Å². The Kier molecular flexibility index (Phi) is 5.22. The summed E-state index contributed by atoms with van der Waals surface area (Å²) in [5.74, 6) is 0. The van der Waals surface area contributed by atoms with Gasteiger partial charge in [0.05, 0.1) is 0 Å². The first-order valence-corrected chi connectivity index (χ1v) is 7.96. The van der Waals surface area contributed by atoms with Crippen molar-refractivity contribution in [2.45, 2.75) is 51.7 Å². The SMILES string of the molecule is CN(C)CC1CCCN1c1ccncc1CNC(C)(C)C. The first-order chi connectivity index (χ1) is 9.87. The lowest BCUT2D eigenvalue weighted by atomic mass is 10.1. The van der Waals surface area contributed by atoms with Crippen LogP contribution in [0.1, 0.15) is 39.2 Å². The Morgan fingerprint density at radius 1 is 1.38 bits per heavy atom. The molecule has 0 amide bonds. The van der Waals surface area contributed by atoms with Gasteiger partial charge in [0.25, 0.3) is 0 Å². The van der Waals surface area contributed by atoms with E-state index in [-0.39, 0.29) is 5.54 Å². The molecule has 2 rings (SSSR count). The second-order valence-electron chi connectivity index (χ2n) is 7.36. The quantitative estimate of drug-likeness (QED) is 0.903. The average Bonchev–Trinajstić information content (AvgIpc) is 2.83. The Bertz CT molecular complexity index is 450. The minimum absolute atomic E-state index is 0.126. The molecule has 1 aromatic heterocycles. The van der Waals surface area contributed by atoms with Gasteiger partial charge in [0, 0.05) is 54.9 Å². The first kappa shape index (κ1) is 16.2. The van der Waals surface area contributed by atoms with Crippen LogP contribution in [-0.4, -0.2) is 48.6 Å². The Morgan fingerprint density at radius 2 is 2.14 bits per heavy atom. The fourth-order valence-electron chi connectivity index (χ4n) is 2.96. The van der Waals surface area contributed by atoms with E-state index < -0.39 is 0 Å². The summed E-state index contributed by atoms with van der Waals surface area (Å²) in [6.07, 6.45) is 6.50. The molecule has 4 heteroatoms. The summed E-state index contributed by atoms with van der Waals surface area (Å²) in [5.41, 5.74) is 2.78. The number of hydrogen-bond donors (Lipinski definition) is 1. The van der Waals surface area contributed by atoms with Crippen LogP contribution in [0.25, 0.3) is 0 Å². The Labute approximate surface area is 129 Å². The molecular formula is C17H30N4. The van der Waals surface area contributed by atoms with Crippen LogP contribution in [0.3, 0.4) is 0 Å². The van der Waals surface area contributed by atoms with Gasteiger partial charge in [-0.2, -0.15) is 0 Å². The number of likely N-dealkylation sites (N-methyl/N-ethyl adjacent to an activating group) is 1. The lowest BCUT2D eigenvalue weighted by molar-refractivity contribution is 0.371. The lowest BCUT2D eigenvalue weighted by Gasteiger charge is -2.31. The van der Waals surface area contributed by atoms with E-state index in [1.165, 1.54) is 24.1 Å². The summed E-state index contributed by atoms with van der Waals surface area (Å²) in [7, 11) is 4.32. The van der Waals surface area contributed by atoms with Crippen molar-refractivity contribution in [2.24, 2.45) is 0 Å². The number of pyridine rings is 1. The molecule has 0 bridgehead atoms. The zero-order valence-electron chi connectivity index (χ0n) is 14.2. The molecule has 0 aliphatic carbocycles. The van der Waals surface area contributed by atoms with Gasteiger partial charge in [-0.15, -0.1) is 0 Å². The van der Waals surface area contributed by atoms with Crippen molar-refractivity contribution in [2.75, 3.05) is 32.1 Å². The predicted octanol–water partition coefficient (Wildman–Crippen LogP) is 2.50. The number of aromatic nitrogens is 1. The fraction of sp³-hybridized carbons (Fsp3) is 0.706. The van der Waals surface area contributed by atoms with Crippen molar-refractivity contribution in [1.29, 1.82) is 0 Å². The van der Waals surface area contributed by atoms with Crippen LogP contribution in [0.2, 0.25) is 0 Å². The monoisotopic (exact) mass is 290 g/mol. The maximum absolute atomic E-state index is 4.33. The molecule has 1 atom stereocenters. The minimum atomic E-state index is 0.126. The van der Waals surface area contributed by atoms with Gasteiger partial charge in [0.2, 0.25) is 0 Å². The maximum atomic E-state index is 4.33. The van der Waals surface area contributed by atoms with Crippen LogP contribution in [-0.2, 0) is 6.54 Å². The molecule has 1 aromatic rings. The molecule has 1 aliphatic rings. The fourth-order valence-corrected chi connectivity index (χ4v) is 2.96. The first-order valence-electron chi connectivity index (χ1n) is 7.96. The van der Waals surface area contributed by atoms with Crippen molar-refractivity contribution in [3.05, 3.63) is 24.0 Å². The minimum Gasteiger partial charge on any atom is -0.367 e. The molecule has 1 saturated heterocycles. The maximum Gasteiger partial charge on any atom is 0.0445 e. The third-order valence-electron chi connectivity index (χ3n) is 3.95. The number of anilines is 1. The van der Waals surface area contributed by atoms with E-state index in [4.69, 9.17) is 0 Å². The zero-order chi connectivity index (χ0) is 15.5. The average molecular weight is 290 g/mol. The molecule has 4 nitrogen and oxygen atoms in total. The summed E-state index contributed by atoms with van der Waals surface area (Å²) in [5, 5.41) is 3.58. The van der Waals surface area contributed by atoms with Crippen LogP contribution < -0.4 is 10.2 Å². The molecule has 1 aliphatic heterocycles. The molecule has 0 radical (unpaired) electrons. The number of hydrogen-bond acceptors (Lipinski definition) is 4. The third-order valence-corrected chi connectivity index (χ3v) is 3.95. The summed E-state index contributed by atoms with van der Waals surface area (Å²) >= 11 is 0. The highest BCUT2D eigenvalue weighted by molar-refractivity contribution is 5.54. The van der Waals surface area contributed by atoms with Crippen LogP contribution >= 0.6 is 0 Å². The Balaban J connectivity index is 2.15. The molecule has 1 unspecified atom stereocenters. The van der Waals surface area contributed by atoms with Crippen LogP contribution in [0, 0.1) is 0 Å². The number of nitrogens with zero attached hydrogens (tertiary/aromatic N) is 3. The highest BCUT2D eigenvalue weighted by atomic mass is 15.2. The summed E-state index contributed by atoms with van der Waals surface area (Å²) in [6, 6.07) is 2.80. The van der Waals surface area contributed by atoms with Gasteiger partial charge in [0.1, 0.15) is 0 Å². The van der Waals surface area contributed by atoms with Gasteiger partial charge < -0.3 is 15.1 Å². The number of rotatable bonds is 5. The third kappa shape index (κ3) is 4.68. The standard InChI is InChI=1S/C17H30N4/c1-17(2,3)19-12-14-11-18-9-8-16(14)21-10-6-7-15(21)13-20(4)5/h8-9,11,15,19H,6-7,10,12-13H2,1-5H3. The second kappa shape index (κ2) is 6.75. The van der Waals surface area contributed by atoms with Crippen molar-refractivity contribution in [1.82, 2.24) is 15.2 Å². The van der Waals surface area contributed by atoms with E-state index in [0.717, 1.165) is 19.6 Å². The highest BCUT2D eigenvalue weighted by Crippen LogP contribution is 2.28. The molecule has 0 saturated carbocycles. The predicted molar refractivity (Wildman–Crippen MR) is 89.8 cm³/mol. The van der Waals surface area contributed by atoms with Gasteiger partial charge in [-0.1, -0.05) is 0 Å². The van der Waals surface area contributed by atoms with Crippen LogP contribution in [0.4, 0.5) is 5.69 Å². The molecule has 0 aromatic carbocycles. The highest BCUT2D eigenvalue weighted by Gasteiger charge is 2.26. The van der Waals surface area contributed by atoms with Gasteiger partial charge in [-0.25, -0.2) is 0 Å². The largest absolute Gasteiger partial charge is 0.367 e. The molecule has 1 N–H and O–H groups in total. The van der Waals surface area contributed by atoms with Crippen molar-refractivity contribution in [3.63, 3.8) is 0 Å². The zero-order valence-corrected chi connectivity index (χ0v) is 14.2.